The molecule has 6 aliphatic rings. The number of fused-ring (bicyclic) bond motifs is 5. The van der Waals surface area contributed by atoms with E-state index in [-0.39, 0.29) is 59.0 Å². The molecule has 21 atom stereocenters. The Morgan fingerprint density at radius 3 is 2.08 bits per heavy atom. The van der Waals surface area contributed by atoms with E-state index in [1.54, 1.807) is 0 Å². The fourth-order valence-corrected chi connectivity index (χ4v) is 12.4. The van der Waals surface area contributed by atoms with E-state index in [1.165, 1.54) is 14.2 Å². The SMILES string of the molecule is CO[C@H]1[C@H](O[C@H]2CC[C@@]3(C)[C@H]([C@H]2O)[C@H](O)C[C@H]2[C@@H]4[C@@H](O)C[C@H]([C@H](C)CC[C@H](O[C@@H]5O[C@@H](CO)[C@H](O)[C@H]5O)C(C)C)[C@@]4(C)CC[C@@H]23)OC[C@@H](OC)[C@@H]1O. The van der Waals surface area contributed by atoms with Gasteiger partial charge in [0.05, 0.1) is 43.7 Å². The molecule has 7 N–H and O–H groups in total. The molecule has 52 heavy (non-hydrogen) atoms. The Morgan fingerprint density at radius 2 is 1.44 bits per heavy atom. The number of aliphatic hydroxyl groups excluding tert-OH is 7. The van der Waals surface area contributed by atoms with Crippen LogP contribution in [-0.4, -0.2) is 143 Å². The van der Waals surface area contributed by atoms with E-state index in [2.05, 4.69) is 34.6 Å². The molecule has 0 unspecified atom stereocenters. The molecule has 6 fully saturated rings. The maximum absolute atomic E-state index is 11.9. The van der Waals surface area contributed by atoms with Crippen molar-refractivity contribution in [3.05, 3.63) is 0 Å². The average Bonchev–Trinajstić information content (AvgIpc) is 3.54. The van der Waals surface area contributed by atoms with Gasteiger partial charge in [-0.2, -0.15) is 0 Å². The van der Waals surface area contributed by atoms with Gasteiger partial charge in [-0.3, -0.25) is 0 Å². The molecule has 0 radical (unpaired) electrons. The highest BCUT2D eigenvalue weighted by atomic mass is 16.7. The second-order valence-electron chi connectivity index (χ2n) is 18.1. The molecule has 4 aliphatic carbocycles. The van der Waals surface area contributed by atoms with Crippen LogP contribution in [0.4, 0.5) is 0 Å². The summed E-state index contributed by atoms with van der Waals surface area (Å²) in [6, 6.07) is 0. The fourth-order valence-electron chi connectivity index (χ4n) is 12.4. The van der Waals surface area contributed by atoms with Gasteiger partial charge in [-0.25, -0.2) is 0 Å². The smallest absolute Gasteiger partial charge is 0.186 e. The molecule has 2 aliphatic heterocycles. The van der Waals surface area contributed by atoms with E-state index in [4.69, 9.17) is 28.4 Å². The van der Waals surface area contributed by atoms with Gasteiger partial charge >= 0.3 is 0 Å². The Bertz CT molecular complexity index is 1180. The van der Waals surface area contributed by atoms with Crippen LogP contribution >= 0.6 is 0 Å². The van der Waals surface area contributed by atoms with Crippen LogP contribution < -0.4 is 0 Å². The zero-order chi connectivity index (χ0) is 37.9. The normalized spacial score (nSPS) is 51.9. The quantitative estimate of drug-likeness (QED) is 0.143. The van der Waals surface area contributed by atoms with Crippen LogP contribution in [0.2, 0.25) is 0 Å². The highest BCUT2D eigenvalue weighted by molar-refractivity contribution is 5.15. The van der Waals surface area contributed by atoms with Gasteiger partial charge < -0.3 is 64.2 Å². The van der Waals surface area contributed by atoms with Crippen molar-refractivity contribution in [1.82, 2.24) is 0 Å². The second kappa shape index (κ2) is 16.1. The van der Waals surface area contributed by atoms with Crippen molar-refractivity contribution in [2.24, 2.45) is 52.3 Å². The predicted molar refractivity (Wildman–Crippen MR) is 187 cm³/mol. The first-order valence-electron chi connectivity index (χ1n) is 19.9. The van der Waals surface area contributed by atoms with Gasteiger partial charge in [0.1, 0.15) is 36.6 Å². The first-order valence-corrected chi connectivity index (χ1v) is 19.9. The Hall–Kier alpha value is -0.520. The maximum Gasteiger partial charge on any atom is 0.186 e. The highest BCUT2D eigenvalue weighted by Crippen LogP contribution is 2.68. The first kappa shape index (κ1) is 41.1. The number of hydrogen-bond acceptors (Lipinski definition) is 13. The Labute approximate surface area is 309 Å². The summed E-state index contributed by atoms with van der Waals surface area (Å²) in [5.74, 6) is 0.738. The van der Waals surface area contributed by atoms with E-state index in [1.807, 2.05) is 0 Å². The van der Waals surface area contributed by atoms with E-state index in [9.17, 15) is 35.7 Å². The van der Waals surface area contributed by atoms with Crippen molar-refractivity contribution < 1.29 is 64.2 Å². The zero-order valence-electron chi connectivity index (χ0n) is 32.2. The number of methoxy groups -OCH3 is 2. The van der Waals surface area contributed by atoms with Crippen LogP contribution in [0.5, 0.6) is 0 Å². The number of rotatable bonds is 12. The van der Waals surface area contributed by atoms with Crippen LogP contribution in [0.1, 0.15) is 86.0 Å². The van der Waals surface area contributed by atoms with Gasteiger partial charge in [-0.15, -0.1) is 0 Å². The number of aliphatic hydroxyl groups is 7. The predicted octanol–water partition coefficient (Wildman–Crippen LogP) is 1.59. The topological polar surface area (TPSA) is 197 Å². The molecule has 0 bridgehead atoms. The molecule has 0 spiro atoms. The minimum Gasteiger partial charge on any atom is -0.394 e. The standard InChI is InChI=1S/C39H68O13/c1-18(2)25(50-36-34(46)32(44)27(16-40)52-36)9-8-19(3)22-15-24(42)29-20-14-23(41)30-31(43)26(11-13-38(30,4)21(20)10-12-39(22,29)5)51-37-35(48-7)33(45)28(47-6)17-49-37/h18-37,40-46H,8-17H2,1-7H3/t19-,20-,21+,22-,23-,24+,25+,26+,27+,28-,29-,30+,31+,32+,33+,34-,35-,36-,37+,38-,39-/m1/s1. The summed E-state index contributed by atoms with van der Waals surface area (Å²) in [7, 11) is 3.00. The summed E-state index contributed by atoms with van der Waals surface area (Å²) in [4.78, 5) is 0. The third kappa shape index (κ3) is 7.16. The van der Waals surface area contributed by atoms with Crippen molar-refractivity contribution in [3.8, 4) is 0 Å². The Kier molecular flexibility index (Phi) is 12.8. The molecule has 302 valence electrons. The first-order chi connectivity index (χ1) is 24.6. The second-order valence-corrected chi connectivity index (χ2v) is 18.1. The van der Waals surface area contributed by atoms with E-state index in [0.29, 0.717) is 19.3 Å². The highest BCUT2D eigenvalue weighted by Gasteiger charge is 2.66. The molecule has 0 amide bonds. The van der Waals surface area contributed by atoms with Crippen LogP contribution in [0.25, 0.3) is 0 Å². The Balaban J connectivity index is 1.11. The van der Waals surface area contributed by atoms with Gasteiger partial charge in [0.25, 0.3) is 0 Å². The summed E-state index contributed by atoms with van der Waals surface area (Å²) < 4.78 is 34.9. The zero-order valence-corrected chi connectivity index (χ0v) is 32.2. The summed E-state index contributed by atoms with van der Waals surface area (Å²) in [5, 5.41) is 76.5. The van der Waals surface area contributed by atoms with Crippen LogP contribution in [0, 0.1) is 52.3 Å². The molecule has 0 aromatic heterocycles. The van der Waals surface area contributed by atoms with Gasteiger partial charge in [0.2, 0.25) is 0 Å². The molecule has 2 saturated heterocycles. The van der Waals surface area contributed by atoms with Crippen molar-refractivity contribution in [2.75, 3.05) is 27.4 Å². The summed E-state index contributed by atoms with van der Waals surface area (Å²) in [5.41, 5.74) is -0.438. The summed E-state index contributed by atoms with van der Waals surface area (Å²) in [6.07, 6.45) is -4.28. The lowest BCUT2D eigenvalue weighted by molar-refractivity contribution is -0.312. The van der Waals surface area contributed by atoms with Crippen molar-refractivity contribution in [1.29, 1.82) is 0 Å². The molecule has 0 aromatic carbocycles. The molecule has 4 saturated carbocycles. The van der Waals surface area contributed by atoms with Crippen molar-refractivity contribution in [2.45, 2.75) is 166 Å². The van der Waals surface area contributed by atoms with Gasteiger partial charge in [0.15, 0.2) is 12.6 Å². The number of ether oxygens (including phenoxy) is 6. The van der Waals surface area contributed by atoms with E-state index in [0.717, 1.165) is 32.1 Å². The largest absolute Gasteiger partial charge is 0.394 e. The van der Waals surface area contributed by atoms with E-state index >= 15 is 0 Å². The van der Waals surface area contributed by atoms with Gasteiger partial charge in [-0.1, -0.05) is 34.6 Å². The summed E-state index contributed by atoms with van der Waals surface area (Å²) >= 11 is 0. The van der Waals surface area contributed by atoms with Crippen molar-refractivity contribution >= 4 is 0 Å². The molecular weight excluding hydrogens is 676 g/mol. The average molecular weight is 745 g/mol. The number of hydrogen-bond donors (Lipinski definition) is 7. The minimum atomic E-state index is -1.22. The van der Waals surface area contributed by atoms with Gasteiger partial charge in [0, 0.05) is 20.1 Å². The van der Waals surface area contributed by atoms with Crippen LogP contribution in [-0.2, 0) is 28.4 Å². The lowest BCUT2D eigenvalue weighted by Gasteiger charge is -2.63. The van der Waals surface area contributed by atoms with Crippen molar-refractivity contribution in [3.63, 3.8) is 0 Å². The third-order valence-electron chi connectivity index (χ3n) is 15.2. The molecule has 6 rings (SSSR count). The Morgan fingerprint density at radius 1 is 0.750 bits per heavy atom. The lowest BCUT2D eigenvalue weighted by Crippen LogP contribution is -2.64. The monoisotopic (exact) mass is 744 g/mol. The van der Waals surface area contributed by atoms with Crippen LogP contribution in [0.3, 0.4) is 0 Å². The third-order valence-corrected chi connectivity index (χ3v) is 15.2. The van der Waals surface area contributed by atoms with E-state index < -0.39 is 86.1 Å². The fraction of sp³-hybridized carbons (Fsp3) is 1.00. The van der Waals surface area contributed by atoms with Gasteiger partial charge in [-0.05, 0) is 97.7 Å². The molecular formula is C39H68O13. The molecule has 13 nitrogen and oxygen atoms in total. The molecule has 0 aromatic rings. The lowest BCUT2D eigenvalue weighted by atomic mass is 9.43. The molecule has 2 heterocycles. The minimum absolute atomic E-state index is 0.0432. The molecule has 13 heteroatoms. The maximum atomic E-state index is 11.9. The van der Waals surface area contributed by atoms with Crippen LogP contribution in [0.15, 0.2) is 0 Å². The summed E-state index contributed by atoms with van der Waals surface area (Å²) in [6.45, 7) is 10.7.